The lowest BCUT2D eigenvalue weighted by Crippen LogP contribution is -2.00. The van der Waals surface area contributed by atoms with Crippen LogP contribution in [0.5, 0.6) is 0 Å². The summed E-state index contributed by atoms with van der Waals surface area (Å²) in [5.41, 5.74) is 12.3. The molecule has 202 valence electrons. The number of pyridine rings is 1. The van der Waals surface area contributed by atoms with E-state index in [0.717, 1.165) is 45.5 Å². The van der Waals surface area contributed by atoms with Gasteiger partial charge >= 0.3 is 0 Å². The monoisotopic (exact) mass is 550 g/mol. The molecule has 8 rings (SSSR count). The minimum atomic E-state index is 0.631. The molecule has 0 N–H and O–H groups in total. The highest BCUT2D eigenvalue weighted by Crippen LogP contribution is 2.41. The fraction of sp³-hybridized carbons (Fsp3) is 0.0256. The summed E-state index contributed by atoms with van der Waals surface area (Å²) >= 11 is 0. The van der Waals surface area contributed by atoms with Crippen LogP contribution in [0.2, 0.25) is 0 Å². The van der Waals surface area contributed by atoms with Gasteiger partial charge in [-0.05, 0) is 51.6 Å². The zero-order valence-electron chi connectivity index (χ0n) is 23.4. The van der Waals surface area contributed by atoms with E-state index >= 15 is 0 Å². The Kier molecular flexibility index (Phi) is 6.16. The molecule has 0 aliphatic heterocycles. The first-order chi connectivity index (χ1) is 21.3. The van der Waals surface area contributed by atoms with Gasteiger partial charge in [0, 0.05) is 34.9 Å². The highest BCUT2D eigenvalue weighted by Gasteiger charge is 2.22. The van der Waals surface area contributed by atoms with Crippen LogP contribution in [0.4, 0.5) is 0 Å². The predicted molar refractivity (Wildman–Crippen MR) is 173 cm³/mol. The van der Waals surface area contributed by atoms with Crippen molar-refractivity contribution in [3.63, 3.8) is 0 Å². The van der Waals surface area contributed by atoms with E-state index in [0.29, 0.717) is 17.5 Å². The van der Waals surface area contributed by atoms with Crippen molar-refractivity contribution in [3.05, 3.63) is 157 Å². The quantitative estimate of drug-likeness (QED) is 0.214. The van der Waals surface area contributed by atoms with Gasteiger partial charge in [0.2, 0.25) is 0 Å². The molecule has 0 saturated carbocycles. The summed E-state index contributed by atoms with van der Waals surface area (Å²) < 4.78 is 0. The Morgan fingerprint density at radius 1 is 0.395 bits per heavy atom. The van der Waals surface area contributed by atoms with E-state index in [-0.39, 0.29) is 0 Å². The van der Waals surface area contributed by atoms with Crippen LogP contribution in [-0.2, 0) is 6.42 Å². The van der Waals surface area contributed by atoms with Gasteiger partial charge in [0.05, 0.1) is 5.69 Å². The Labute approximate surface area is 250 Å². The number of nitrogens with zero attached hydrogens (tertiary/aromatic N) is 4. The average Bonchev–Trinajstić information content (AvgIpc) is 3.48. The first kappa shape index (κ1) is 25.0. The lowest BCUT2D eigenvalue weighted by molar-refractivity contribution is 1.07. The number of hydrogen-bond donors (Lipinski definition) is 0. The summed E-state index contributed by atoms with van der Waals surface area (Å²) in [4.78, 5) is 19.8. The van der Waals surface area contributed by atoms with E-state index in [4.69, 9.17) is 19.9 Å². The summed E-state index contributed by atoms with van der Waals surface area (Å²) in [5.74, 6) is 1.91. The van der Waals surface area contributed by atoms with E-state index < -0.39 is 0 Å². The second-order valence-electron chi connectivity index (χ2n) is 10.7. The van der Waals surface area contributed by atoms with Crippen LogP contribution in [0.25, 0.3) is 67.7 Å². The molecule has 1 aliphatic rings. The van der Waals surface area contributed by atoms with E-state index in [9.17, 15) is 0 Å². The van der Waals surface area contributed by atoms with Gasteiger partial charge in [-0.25, -0.2) is 15.0 Å². The SMILES string of the molecule is c1ccc(-c2cccc(-c3nc(-c4ccccc4)nc(-c4cccc(-c5nccc6c5Cc5ccccc5-6)c4)n3)c2)cc1. The second kappa shape index (κ2) is 10.6. The molecule has 4 nitrogen and oxygen atoms in total. The Bertz CT molecular complexity index is 2100. The molecular formula is C39H26N4. The number of rotatable bonds is 5. The smallest absolute Gasteiger partial charge is 0.164 e. The maximum absolute atomic E-state index is 5.03. The van der Waals surface area contributed by atoms with Gasteiger partial charge in [0.1, 0.15) is 0 Å². The van der Waals surface area contributed by atoms with Gasteiger partial charge in [-0.15, -0.1) is 0 Å². The summed E-state index contributed by atoms with van der Waals surface area (Å²) in [6, 6.07) is 48.0. The second-order valence-corrected chi connectivity index (χ2v) is 10.7. The van der Waals surface area contributed by atoms with E-state index in [2.05, 4.69) is 103 Å². The molecule has 1 aliphatic carbocycles. The molecule has 0 spiro atoms. The molecular weight excluding hydrogens is 524 g/mol. The van der Waals surface area contributed by atoms with Gasteiger partial charge in [-0.2, -0.15) is 0 Å². The van der Waals surface area contributed by atoms with Crippen LogP contribution in [0, 0.1) is 0 Å². The van der Waals surface area contributed by atoms with E-state index in [1.54, 1.807) is 0 Å². The van der Waals surface area contributed by atoms with Crippen LogP contribution in [0.3, 0.4) is 0 Å². The first-order valence-corrected chi connectivity index (χ1v) is 14.4. The Morgan fingerprint density at radius 3 is 1.65 bits per heavy atom. The third-order valence-corrected chi connectivity index (χ3v) is 8.02. The Hall–Kier alpha value is -5.74. The van der Waals surface area contributed by atoms with Gasteiger partial charge in [-0.3, -0.25) is 4.98 Å². The number of benzene rings is 5. The molecule has 0 bridgehead atoms. The van der Waals surface area contributed by atoms with Crippen molar-refractivity contribution in [2.45, 2.75) is 6.42 Å². The summed E-state index contributed by atoms with van der Waals surface area (Å²) in [6.45, 7) is 0. The lowest BCUT2D eigenvalue weighted by Gasteiger charge is -2.11. The molecule has 2 heterocycles. The third-order valence-electron chi connectivity index (χ3n) is 8.02. The molecule has 0 amide bonds. The normalized spacial score (nSPS) is 11.6. The Balaban J connectivity index is 1.25. The van der Waals surface area contributed by atoms with Crippen molar-refractivity contribution in [2.24, 2.45) is 0 Å². The van der Waals surface area contributed by atoms with Gasteiger partial charge in [0.25, 0.3) is 0 Å². The number of fused-ring (bicyclic) bond motifs is 3. The van der Waals surface area contributed by atoms with Crippen molar-refractivity contribution < 1.29 is 0 Å². The maximum atomic E-state index is 5.03. The average molecular weight is 551 g/mol. The van der Waals surface area contributed by atoms with Crippen LogP contribution >= 0.6 is 0 Å². The van der Waals surface area contributed by atoms with E-state index in [1.165, 1.54) is 22.3 Å². The van der Waals surface area contributed by atoms with Crippen molar-refractivity contribution in [1.29, 1.82) is 0 Å². The molecule has 4 heteroatoms. The molecule has 5 aromatic carbocycles. The summed E-state index contributed by atoms with van der Waals surface area (Å²) in [6.07, 6.45) is 2.79. The number of aromatic nitrogens is 4. The fourth-order valence-corrected chi connectivity index (χ4v) is 5.92. The summed E-state index contributed by atoms with van der Waals surface area (Å²) in [7, 11) is 0. The highest BCUT2D eigenvalue weighted by molar-refractivity contribution is 5.84. The van der Waals surface area contributed by atoms with Crippen molar-refractivity contribution in [3.8, 4) is 67.7 Å². The zero-order valence-corrected chi connectivity index (χ0v) is 23.4. The highest BCUT2D eigenvalue weighted by atomic mass is 15.0. The summed E-state index contributed by atoms with van der Waals surface area (Å²) in [5, 5.41) is 0. The largest absolute Gasteiger partial charge is 0.256 e. The fourth-order valence-electron chi connectivity index (χ4n) is 5.92. The Morgan fingerprint density at radius 2 is 0.930 bits per heavy atom. The minimum absolute atomic E-state index is 0.631. The molecule has 2 aromatic heterocycles. The van der Waals surface area contributed by atoms with E-state index in [1.807, 2.05) is 42.6 Å². The lowest BCUT2D eigenvalue weighted by atomic mass is 9.99. The van der Waals surface area contributed by atoms with Gasteiger partial charge in [-0.1, -0.05) is 121 Å². The molecule has 0 fully saturated rings. The van der Waals surface area contributed by atoms with Crippen LogP contribution in [-0.4, -0.2) is 19.9 Å². The van der Waals surface area contributed by atoms with Crippen LogP contribution in [0.1, 0.15) is 11.1 Å². The van der Waals surface area contributed by atoms with Crippen LogP contribution < -0.4 is 0 Å². The van der Waals surface area contributed by atoms with Crippen LogP contribution in [0.15, 0.2) is 146 Å². The molecule has 0 radical (unpaired) electrons. The molecule has 0 saturated heterocycles. The van der Waals surface area contributed by atoms with Gasteiger partial charge < -0.3 is 0 Å². The van der Waals surface area contributed by atoms with Gasteiger partial charge in [0.15, 0.2) is 17.5 Å². The topological polar surface area (TPSA) is 51.6 Å². The standard InChI is InChI=1S/C39H26N4/c1-3-11-26(12-4-1)28-16-9-18-31(23-28)38-41-37(27-13-5-2-6-14-27)42-39(43-38)32-19-10-17-30(24-32)36-35-25-29-15-7-8-20-33(29)34(35)21-22-40-36/h1-24H,25H2. The minimum Gasteiger partial charge on any atom is -0.256 e. The zero-order chi connectivity index (χ0) is 28.6. The maximum Gasteiger partial charge on any atom is 0.164 e. The third kappa shape index (κ3) is 4.69. The van der Waals surface area contributed by atoms with Crippen molar-refractivity contribution in [2.75, 3.05) is 0 Å². The predicted octanol–water partition coefficient (Wildman–Crippen LogP) is 9.17. The van der Waals surface area contributed by atoms with Crippen molar-refractivity contribution >= 4 is 0 Å². The molecule has 43 heavy (non-hydrogen) atoms. The van der Waals surface area contributed by atoms with Crippen molar-refractivity contribution in [1.82, 2.24) is 19.9 Å². The number of hydrogen-bond acceptors (Lipinski definition) is 4. The molecule has 0 atom stereocenters. The first-order valence-electron chi connectivity index (χ1n) is 14.4. The molecule has 0 unspecified atom stereocenters. The molecule has 7 aromatic rings.